The summed E-state index contributed by atoms with van der Waals surface area (Å²) in [7, 11) is 0.0686. The molecule has 0 amide bonds. The first kappa shape index (κ1) is 10.1. The molecule has 0 heterocycles. The fourth-order valence-electron chi connectivity index (χ4n) is 0.861. The van der Waals surface area contributed by atoms with Crippen molar-refractivity contribution in [2.45, 2.75) is 26.8 Å². The Balaban J connectivity index is 3.09. The molecular weight excluding hydrogens is 140 g/mol. The Morgan fingerprint density at radius 1 is 1.20 bits per heavy atom. The molecule has 3 heteroatoms. The number of rotatable bonds is 6. The number of nitrogens with zero attached hydrogens (tertiary/aromatic N) is 1. The highest BCUT2D eigenvalue weighted by atomic mass is 28.2. The van der Waals surface area contributed by atoms with Crippen molar-refractivity contribution >= 4 is 9.68 Å². The molecule has 62 valence electrons. The van der Waals surface area contributed by atoms with E-state index < -0.39 is 0 Å². The molecule has 0 saturated heterocycles. The van der Waals surface area contributed by atoms with Gasteiger partial charge in [-0.3, -0.25) is 4.90 Å². The van der Waals surface area contributed by atoms with Crippen LogP contribution in [0.5, 0.6) is 0 Å². The lowest BCUT2D eigenvalue weighted by atomic mass is 10.6. The van der Waals surface area contributed by atoms with E-state index in [-0.39, 0.29) is 9.68 Å². The highest BCUT2D eigenvalue weighted by Gasteiger charge is 1.94. The molecule has 1 N–H and O–H groups in total. The molecule has 0 spiro atoms. The molecule has 0 saturated carbocycles. The van der Waals surface area contributed by atoms with Crippen molar-refractivity contribution in [1.29, 1.82) is 0 Å². The van der Waals surface area contributed by atoms with Crippen LogP contribution in [0.4, 0.5) is 0 Å². The summed E-state index contributed by atoms with van der Waals surface area (Å²) in [6.45, 7) is 10.1. The van der Waals surface area contributed by atoms with Gasteiger partial charge in [-0.15, -0.1) is 0 Å². The summed E-state index contributed by atoms with van der Waals surface area (Å²) in [5.74, 6) is 0. The third-order valence-electron chi connectivity index (χ3n) is 1.66. The van der Waals surface area contributed by atoms with Crippen LogP contribution in [0.2, 0.25) is 6.04 Å². The molecular formula is C7H20N2Si. The Hall–Kier alpha value is 0.137. The second kappa shape index (κ2) is 7.25. The minimum absolute atomic E-state index is 0.0686. The van der Waals surface area contributed by atoms with Crippen LogP contribution in [0.1, 0.15) is 20.8 Å². The maximum atomic E-state index is 3.50. The Bertz CT molecular complexity index is 64.6. The van der Waals surface area contributed by atoms with Gasteiger partial charge in [-0.25, -0.2) is 0 Å². The third-order valence-corrected chi connectivity index (χ3v) is 2.73. The molecule has 0 aliphatic carbocycles. The summed E-state index contributed by atoms with van der Waals surface area (Å²) in [4.78, 5) is 5.91. The van der Waals surface area contributed by atoms with Gasteiger partial charge in [-0.05, 0) is 13.1 Å². The summed E-state index contributed by atoms with van der Waals surface area (Å²) in [6, 6.07) is 1.36. The second-order valence-corrected chi connectivity index (χ2v) is 4.46. The maximum Gasteiger partial charge on any atom is 0.0928 e. The zero-order chi connectivity index (χ0) is 7.82. The smallest absolute Gasteiger partial charge is 0.0928 e. The fraction of sp³-hybridized carbons (Fsp3) is 1.00. The minimum Gasteiger partial charge on any atom is -0.331 e. The van der Waals surface area contributed by atoms with Crippen LogP contribution in [0.15, 0.2) is 0 Å². The third kappa shape index (κ3) is 4.96. The summed E-state index contributed by atoms with van der Waals surface area (Å²) < 4.78 is 0. The van der Waals surface area contributed by atoms with Crippen molar-refractivity contribution in [1.82, 2.24) is 9.88 Å². The van der Waals surface area contributed by atoms with Crippen molar-refractivity contribution in [3.05, 3.63) is 0 Å². The van der Waals surface area contributed by atoms with Crippen LogP contribution in [0.3, 0.4) is 0 Å². The molecule has 0 aromatic rings. The predicted octanol–water partition coefficient (Wildman–Crippen LogP) is 0.397. The molecule has 0 aliphatic rings. The molecule has 0 aromatic heterocycles. The standard InChI is InChI=1S/C7H20N2Si/c1-4-9(5-2)7-8-10-6-3/h8H,4-7,10H2,1-3H3. The average Bonchev–Trinajstić information content (AvgIpc) is 1.99. The average molecular weight is 160 g/mol. The van der Waals surface area contributed by atoms with Crippen molar-refractivity contribution in [3.63, 3.8) is 0 Å². The summed E-state index contributed by atoms with van der Waals surface area (Å²) >= 11 is 0. The van der Waals surface area contributed by atoms with Gasteiger partial charge in [0, 0.05) is 6.67 Å². The van der Waals surface area contributed by atoms with Gasteiger partial charge in [0.15, 0.2) is 0 Å². The van der Waals surface area contributed by atoms with E-state index >= 15 is 0 Å². The monoisotopic (exact) mass is 160 g/mol. The zero-order valence-corrected chi connectivity index (χ0v) is 8.90. The molecule has 0 aromatic carbocycles. The summed E-state index contributed by atoms with van der Waals surface area (Å²) in [6.07, 6.45) is 0. The van der Waals surface area contributed by atoms with E-state index in [9.17, 15) is 0 Å². The van der Waals surface area contributed by atoms with Gasteiger partial charge in [0.2, 0.25) is 0 Å². The van der Waals surface area contributed by atoms with E-state index in [4.69, 9.17) is 0 Å². The maximum absolute atomic E-state index is 3.50. The highest BCUT2D eigenvalue weighted by molar-refractivity contribution is 6.31. The quantitative estimate of drug-likeness (QED) is 0.344. The van der Waals surface area contributed by atoms with Gasteiger partial charge < -0.3 is 4.98 Å². The van der Waals surface area contributed by atoms with Crippen molar-refractivity contribution in [3.8, 4) is 0 Å². The largest absolute Gasteiger partial charge is 0.331 e. The molecule has 2 nitrogen and oxygen atoms in total. The first-order valence-corrected chi connectivity index (χ1v) is 5.98. The zero-order valence-electron chi connectivity index (χ0n) is 7.48. The topological polar surface area (TPSA) is 15.3 Å². The summed E-state index contributed by atoms with van der Waals surface area (Å²) in [5.41, 5.74) is 0. The molecule has 0 radical (unpaired) electrons. The van der Waals surface area contributed by atoms with Gasteiger partial charge in [0.25, 0.3) is 0 Å². The van der Waals surface area contributed by atoms with Gasteiger partial charge in [0.1, 0.15) is 0 Å². The lowest BCUT2D eigenvalue weighted by molar-refractivity contribution is 0.301. The normalized spacial score (nSPS) is 12.0. The van der Waals surface area contributed by atoms with Crippen LogP contribution in [0.25, 0.3) is 0 Å². The van der Waals surface area contributed by atoms with Crippen LogP contribution < -0.4 is 4.98 Å². The van der Waals surface area contributed by atoms with Crippen LogP contribution >= 0.6 is 0 Å². The molecule has 0 aliphatic heterocycles. The number of hydrogen-bond acceptors (Lipinski definition) is 2. The fourth-order valence-corrected chi connectivity index (χ4v) is 1.69. The van der Waals surface area contributed by atoms with Crippen molar-refractivity contribution in [2.75, 3.05) is 19.8 Å². The molecule has 0 unspecified atom stereocenters. The van der Waals surface area contributed by atoms with Gasteiger partial charge in [-0.1, -0.05) is 26.8 Å². The van der Waals surface area contributed by atoms with E-state index in [1.165, 1.54) is 19.1 Å². The van der Waals surface area contributed by atoms with Gasteiger partial charge in [-0.2, -0.15) is 0 Å². The van der Waals surface area contributed by atoms with E-state index in [0.29, 0.717) is 0 Å². The number of nitrogens with one attached hydrogen (secondary N) is 1. The van der Waals surface area contributed by atoms with E-state index in [0.717, 1.165) is 6.67 Å². The Labute approximate surface area is 66.9 Å². The number of hydrogen-bond donors (Lipinski definition) is 1. The van der Waals surface area contributed by atoms with E-state index in [2.05, 4.69) is 30.7 Å². The Morgan fingerprint density at radius 3 is 2.20 bits per heavy atom. The van der Waals surface area contributed by atoms with E-state index in [1.54, 1.807) is 0 Å². The molecule has 0 rings (SSSR count). The molecule has 0 bridgehead atoms. The minimum atomic E-state index is 0.0686. The van der Waals surface area contributed by atoms with Crippen LogP contribution in [-0.2, 0) is 0 Å². The van der Waals surface area contributed by atoms with Crippen molar-refractivity contribution in [2.24, 2.45) is 0 Å². The van der Waals surface area contributed by atoms with E-state index in [1.807, 2.05) is 0 Å². The molecule has 10 heavy (non-hydrogen) atoms. The van der Waals surface area contributed by atoms with Gasteiger partial charge in [0.05, 0.1) is 9.68 Å². The Kier molecular flexibility index (Phi) is 7.35. The SMILES string of the molecule is CC[SiH2]NCN(CC)CC. The van der Waals surface area contributed by atoms with Gasteiger partial charge >= 0.3 is 0 Å². The van der Waals surface area contributed by atoms with Crippen LogP contribution in [-0.4, -0.2) is 34.3 Å². The second-order valence-electron chi connectivity index (χ2n) is 2.46. The highest BCUT2D eigenvalue weighted by Crippen LogP contribution is 1.81. The lowest BCUT2D eigenvalue weighted by Crippen LogP contribution is -2.35. The first-order chi connectivity index (χ1) is 4.85. The van der Waals surface area contributed by atoms with Crippen LogP contribution in [0, 0.1) is 0 Å². The lowest BCUT2D eigenvalue weighted by Gasteiger charge is -2.17. The molecule has 0 fully saturated rings. The summed E-state index contributed by atoms with van der Waals surface area (Å²) in [5, 5.41) is 0. The predicted molar refractivity (Wildman–Crippen MR) is 49.9 cm³/mol. The first-order valence-electron chi connectivity index (χ1n) is 4.28. The van der Waals surface area contributed by atoms with Crippen molar-refractivity contribution < 1.29 is 0 Å². The Morgan fingerprint density at radius 2 is 1.80 bits per heavy atom. The molecule has 0 atom stereocenters.